The van der Waals surface area contributed by atoms with E-state index in [2.05, 4.69) is 10.5 Å². The Balaban J connectivity index is 2.03. The largest absolute Gasteiger partial charge is 0.289 e. The van der Waals surface area contributed by atoms with Crippen molar-refractivity contribution in [2.75, 3.05) is 5.43 Å². The Morgan fingerprint density at radius 2 is 1.67 bits per heavy atom. The van der Waals surface area contributed by atoms with Crippen LogP contribution in [0.1, 0.15) is 15.9 Å². The number of hydrogen-bond acceptors (Lipinski definition) is 5. The first kappa shape index (κ1) is 16.6. The van der Waals surface area contributed by atoms with Gasteiger partial charge in [-0.2, -0.15) is 15.6 Å². The fraction of sp³-hybridized carbons (Fsp3) is 0. The number of hydrazone groups is 1. The van der Waals surface area contributed by atoms with E-state index in [4.69, 9.17) is 10.5 Å². The molecule has 0 aliphatic rings. The molecule has 0 atom stereocenters. The lowest BCUT2D eigenvalue weighted by Gasteiger charge is -2.01. The molecule has 24 heavy (non-hydrogen) atoms. The Labute approximate surface area is 138 Å². The molecule has 0 amide bonds. The fourth-order valence-corrected chi connectivity index (χ4v) is 1.75. The minimum absolute atomic E-state index is 0.205. The SMILES string of the molecule is N#CC(C#N)=NNc1ccc(C(=O)C=Cc2ccc(F)cc2)cc1. The molecule has 5 nitrogen and oxygen atoms in total. The summed E-state index contributed by atoms with van der Waals surface area (Å²) in [4.78, 5) is 12.1. The van der Waals surface area contributed by atoms with Crippen LogP contribution in [0.2, 0.25) is 0 Å². The monoisotopic (exact) mass is 318 g/mol. The van der Waals surface area contributed by atoms with Gasteiger partial charge in [0.15, 0.2) is 5.78 Å². The molecular formula is C18H11FN4O. The number of carbonyl (C=O) groups is 1. The van der Waals surface area contributed by atoms with Gasteiger partial charge in [0.1, 0.15) is 18.0 Å². The third kappa shape index (κ3) is 4.62. The average Bonchev–Trinajstić information content (AvgIpc) is 2.62. The third-order valence-electron chi connectivity index (χ3n) is 2.98. The summed E-state index contributed by atoms with van der Waals surface area (Å²) in [5.41, 5.74) is 3.98. The lowest BCUT2D eigenvalue weighted by molar-refractivity contribution is 0.104. The van der Waals surface area contributed by atoms with E-state index < -0.39 is 0 Å². The van der Waals surface area contributed by atoms with Gasteiger partial charge in [0, 0.05) is 5.56 Å². The van der Waals surface area contributed by atoms with E-state index in [1.807, 2.05) is 0 Å². The summed E-state index contributed by atoms with van der Waals surface area (Å²) in [6.07, 6.45) is 3.00. The van der Waals surface area contributed by atoms with Crippen LogP contribution in [0.4, 0.5) is 10.1 Å². The molecule has 0 heterocycles. The minimum Gasteiger partial charge on any atom is -0.289 e. The maximum atomic E-state index is 12.8. The molecule has 0 aliphatic carbocycles. The number of halogens is 1. The molecule has 0 saturated heterocycles. The fourth-order valence-electron chi connectivity index (χ4n) is 1.75. The van der Waals surface area contributed by atoms with Gasteiger partial charge in [-0.15, -0.1) is 0 Å². The molecule has 0 radical (unpaired) electrons. The number of hydrogen-bond donors (Lipinski definition) is 1. The summed E-state index contributed by atoms with van der Waals surface area (Å²) in [5, 5.41) is 20.7. The second-order valence-electron chi connectivity index (χ2n) is 4.62. The summed E-state index contributed by atoms with van der Waals surface area (Å²) >= 11 is 0. The van der Waals surface area contributed by atoms with Crippen molar-refractivity contribution in [1.82, 2.24) is 0 Å². The van der Waals surface area contributed by atoms with Crippen molar-refractivity contribution < 1.29 is 9.18 Å². The predicted molar refractivity (Wildman–Crippen MR) is 88.5 cm³/mol. The lowest BCUT2D eigenvalue weighted by Crippen LogP contribution is -1.98. The van der Waals surface area contributed by atoms with Crippen molar-refractivity contribution in [2.45, 2.75) is 0 Å². The molecule has 0 spiro atoms. The molecule has 0 aliphatic heterocycles. The average molecular weight is 318 g/mol. The molecule has 0 aromatic heterocycles. The number of anilines is 1. The van der Waals surface area contributed by atoms with Crippen LogP contribution in [0.5, 0.6) is 0 Å². The van der Waals surface area contributed by atoms with Crippen LogP contribution in [0.25, 0.3) is 6.08 Å². The Morgan fingerprint density at radius 3 is 2.25 bits per heavy atom. The molecule has 2 aromatic carbocycles. The van der Waals surface area contributed by atoms with Crippen LogP contribution in [-0.2, 0) is 0 Å². The number of carbonyl (C=O) groups excluding carboxylic acids is 1. The second-order valence-corrected chi connectivity index (χ2v) is 4.62. The Hall–Kier alpha value is -3.77. The highest BCUT2D eigenvalue weighted by molar-refractivity contribution is 6.10. The molecule has 1 N–H and O–H groups in total. The lowest BCUT2D eigenvalue weighted by atomic mass is 10.1. The van der Waals surface area contributed by atoms with E-state index in [-0.39, 0.29) is 17.3 Å². The molecule has 0 unspecified atom stereocenters. The van der Waals surface area contributed by atoms with E-state index in [1.165, 1.54) is 18.2 Å². The van der Waals surface area contributed by atoms with Crippen molar-refractivity contribution in [1.29, 1.82) is 10.5 Å². The van der Waals surface area contributed by atoms with Gasteiger partial charge in [-0.25, -0.2) is 4.39 Å². The number of nitriles is 2. The number of ketones is 1. The smallest absolute Gasteiger partial charge is 0.237 e. The first-order valence-electron chi connectivity index (χ1n) is 6.84. The third-order valence-corrected chi connectivity index (χ3v) is 2.98. The first-order valence-corrected chi connectivity index (χ1v) is 6.84. The minimum atomic E-state index is -0.333. The van der Waals surface area contributed by atoms with Crippen molar-refractivity contribution in [3.8, 4) is 12.1 Å². The molecule has 2 rings (SSSR count). The van der Waals surface area contributed by atoms with E-state index in [9.17, 15) is 9.18 Å². The van der Waals surface area contributed by atoms with Crippen LogP contribution in [0.3, 0.4) is 0 Å². The zero-order valence-corrected chi connectivity index (χ0v) is 12.4. The summed E-state index contributed by atoms with van der Waals surface area (Å²) in [6, 6.07) is 15.4. The first-order chi connectivity index (χ1) is 11.6. The molecular weight excluding hydrogens is 307 g/mol. The van der Waals surface area contributed by atoms with Gasteiger partial charge in [-0.1, -0.05) is 18.2 Å². The van der Waals surface area contributed by atoms with Crippen LogP contribution in [-0.4, -0.2) is 11.5 Å². The summed E-state index contributed by atoms with van der Waals surface area (Å²) in [5.74, 6) is -0.538. The van der Waals surface area contributed by atoms with Gasteiger partial charge < -0.3 is 0 Å². The highest BCUT2D eigenvalue weighted by atomic mass is 19.1. The number of allylic oxidation sites excluding steroid dienone is 1. The standard InChI is InChI=1S/C18H11FN4O/c19-15-6-1-13(2-7-15)3-10-18(24)14-4-8-16(9-5-14)22-23-17(11-20)12-21/h1-10,22H. The Bertz CT molecular complexity index is 853. The number of nitrogens with one attached hydrogen (secondary N) is 1. The summed E-state index contributed by atoms with van der Waals surface area (Å²) in [7, 11) is 0. The van der Waals surface area contributed by atoms with E-state index in [0.717, 1.165) is 5.56 Å². The molecule has 2 aromatic rings. The van der Waals surface area contributed by atoms with Gasteiger partial charge in [0.05, 0.1) is 5.69 Å². The maximum absolute atomic E-state index is 12.8. The van der Waals surface area contributed by atoms with Crippen LogP contribution >= 0.6 is 0 Å². The number of nitrogens with zero attached hydrogens (tertiary/aromatic N) is 3. The van der Waals surface area contributed by atoms with E-state index in [1.54, 1.807) is 54.6 Å². The topological polar surface area (TPSA) is 89.0 Å². The van der Waals surface area contributed by atoms with Gasteiger partial charge >= 0.3 is 0 Å². The van der Waals surface area contributed by atoms with E-state index in [0.29, 0.717) is 11.3 Å². The van der Waals surface area contributed by atoms with Crippen LogP contribution in [0.15, 0.2) is 59.7 Å². The number of rotatable bonds is 5. The quantitative estimate of drug-likeness (QED) is 0.395. The molecule has 0 fully saturated rings. The maximum Gasteiger partial charge on any atom is 0.237 e. The van der Waals surface area contributed by atoms with Gasteiger partial charge in [0.2, 0.25) is 5.71 Å². The van der Waals surface area contributed by atoms with Crippen LogP contribution < -0.4 is 5.43 Å². The van der Waals surface area contributed by atoms with Crippen LogP contribution in [0, 0.1) is 28.5 Å². The van der Waals surface area contributed by atoms with Crippen molar-refractivity contribution in [3.05, 3.63) is 71.6 Å². The van der Waals surface area contributed by atoms with Gasteiger partial charge in [-0.05, 0) is 48.0 Å². The molecule has 0 bridgehead atoms. The number of benzene rings is 2. The summed E-state index contributed by atoms with van der Waals surface area (Å²) < 4.78 is 12.8. The molecule has 0 saturated carbocycles. The Morgan fingerprint density at radius 1 is 1.04 bits per heavy atom. The molecule has 6 heteroatoms. The van der Waals surface area contributed by atoms with Crippen molar-refractivity contribution >= 4 is 23.3 Å². The van der Waals surface area contributed by atoms with Crippen molar-refractivity contribution in [2.24, 2.45) is 5.10 Å². The Kier molecular flexibility index (Phi) is 5.55. The summed E-state index contributed by atoms with van der Waals surface area (Å²) in [6.45, 7) is 0. The van der Waals surface area contributed by atoms with Gasteiger partial charge in [-0.3, -0.25) is 10.2 Å². The second kappa shape index (κ2) is 8.02. The normalized spacial score (nSPS) is 9.79. The van der Waals surface area contributed by atoms with Crippen molar-refractivity contribution in [3.63, 3.8) is 0 Å². The highest BCUT2D eigenvalue weighted by Gasteiger charge is 2.02. The van der Waals surface area contributed by atoms with E-state index >= 15 is 0 Å². The zero-order valence-electron chi connectivity index (χ0n) is 12.4. The predicted octanol–water partition coefficient (Wildman–Crippen LogP) is 3.54. The zero-order chi connectivity index (χ0) is 17.4. The molecule has 116 valence electrons. The van der Waals surface area contributed by atoms with Gasteiger partial charge in [0.25, 0.3) is 0 Å². The highest BCUT2D eigenvalue weighted by Crippen LogP contribution is 2.12.